The Bertz CT molecular complexity index is 293. The fourth-order valence-corrected chi connectivity index (χ4v) is 2.23. The lowest BCUT2D eigenvalue weighted by atomic mass is 9.93. The van der Waals surface area contributed by atoms with Crippen LogP contribution in [0.2, 0.25) is 0 Å². The Labute approximate surface area is 142 Å². The van der Waals surface area contributed by atoms with Gasteiger partial charge in [0.2, 0.25) is 0 Å². The Balaban J connectivity index is 0. The molecule has 0 radical (unpaired) electrons. The van der Waals surface area contributed by atoms with Crippen molar-refractivity contribution in [3.05, 3.63) is 0 Å². The molecule has 0 aliphatic carbocycles. The predicted octanol–water partition coefficient (Wildman–Crippen LogP) is 2.16. The van der Waals surface area contributed by atoms with Crippen molar-refractivity contribution in [3.8, 4) is 12.3 Å². The highest BCUT2D eigenvalue weighted by atomic mass is 127. The van der Waals surface area contributed by atoms with Gasteiger partial charge in [-0.3, -0.25) is 4.99 Å². The SMILES string of the molecule is C#CCNC(=NCC(C(CC)CC)N(C)C)NCC.I. The van der Waals surface area contributed by atoms with Gasteiger partial charge in [-0.05, 0) is 26.9 Å². The second-order valence-corrected chi connectivity index (χ2v) is 4.88. The summed E-state index contributed by atoms with van der Waals surface area (Å²) in [7, 11) is 4.25. The summed E-state index contributed by atoms with van der Waals surface area (Å²) in [5.74, 6) is 4.05. The van der Waals surface area contributed by atoms with E-state index in [4.69, 9.17) is 6.42 Å². The zero-order valence-corrected chi connectivity index (χ0v) is 15.9. The van der Waals surface area contributed by atoms with Gasteiger partial charge in [-0.2, -0.15) is 0 Å². The van der Waals surface area contributed by atoms with Crippen LogP contribution in [0.5, 0.6) is 0 Å². The first-order valence-electron chi connectivity index (χ1n) is 7.22. The Kier molecular flexibility index (Phi) is 14.7. The molecule has 1 atom stereocenters. The van der Waals surface area contributed by atoms with Gasteiger partial charge >= 0.3 is 0 Å². The van der Waals surface area contributed by atoms with E-state index in [0.29, 0.717) is 18.5 Å². The minimum absolute atomic E-state index is 0. The highest BCUT2D eigenvalue weighted by molar-refractivity contribution is 14.0. The van der Waals surface area contributed by atoms with Gasteiger partial charge in [0.25, 0.3) is 0 Å². The highest BCUT2D eigenvalue weighted by Crippen LogP contribution is 2.17. The van der Waals surface area contributed by atoms with Crippen LogP contribution in [-0.4, -0.2) is 50.6 Å². The minimum Gasteiger partial charge on any atom is -0.357 e. The molecule has 1 unspecified atom stereocenters. The second kappa shape index (κ2) is 13.5. The fraction of sp³-hybridized carbons (Fsp3) is 0.800. The third-order valence-corrected chi connectivity index (χ3v) is 3.39. The highest BCUT2D eigenvalue weighted by Gasteiger charge is 2.20. The van der Waals surface area contributed by atoms with E-state index in [9.17, 15) is 0 Å². The molecule has 0 aliphatic rings. The molecule has 0 aromatic carbocycles. The van der Waals surface area contributed by atoms with Crippen LogP contribution in [0.3, 0.4) is 0 Å². The molecule has 0 bridgehead atoms. The number of aliphatic imine (C=N–C) groups is 1. The molecule has 0 aliphatic heterocycles. The van der Waals surface area contributed by atoms with E-state index in [2.05, 4.69) is 61.3 Å². The summed E-state index contributed by atoms with van der Waals surface area (Å²) in [5, 5.41) is 6.34. The van der Waals surface area contributed by atoms with Crippen LogP contribution in [0, 0.1) is 18.3 Å². The lowest BCUT2D eigenvalue weighted by molar-refractivity contribution is 0.206. The lowest BCUT2D eigenvalue weighted by Gasteiger charge is -2.30. The van der Waals surface area contributed by atoms with Gasteiger partial charge in [0.05, 0.1) is 13.1 Å². The van der Waals surface area contributed by atoms with E-state index in [1.54, 1.807) is 0 Å². The van der Waals surface area contributed by atoms with E-state index in [-0.39, 0.29) is 24.0 Å². The van der Waals surface area contributed by atoms with E-state index < -0.39 is 0 Å². The standard InChI is InChI=1S/C15H30N4.HI/c1-7-11-17-15(16-10-4)18-12-14(19(5)6)13(8-2)9-3;/h1,13-14H,8-12H2,2-6H3,(H2,16,17,18);1H. The van der Waals surface area contributed by atoms with Gasteiger partial charge in [-0.1, -0.05) is 32.6 Å². The quantitative estimate of drug-likeness (QED) is 0.287. The maximum absolute atomic E-state index is 5.26. The number of hydrogen-bond donors (Lipinski definition) is 2. The number of likely N-dealkylation sites (N-methyl/N-ethyl adjacent to an activating group) is 1. The molecule has 0 fully saturated rings. The minimum atomic E-state index is 0. The number of guanidine groups is 1. The first kappa shape index (κ1) is 21.8. The molecule has 0 saturated heterocycles. The number of terminal acetylenes is 1. The zero-order valence-electron chi connectivity index (χ0n) is 13.6. The van der Waals surface area contributed by atoms with Crippen molar-refractivity contribution in [2.45, 2.75) is 39.7 Å². The first-order valence-corrected chi connectivity index (χ1v) is 7.22. The number of hydrogen-bond acceptors (Lipinski definition) is 2. The first-order chi connectivity index (χ1) is 9.10. The molecule has 20 heavy (non-hydrogen) atoms. The van der Waals surface area contributed by atoms with Gasteiger partial charge in [-0.25, -0.2) is 0 Å². The second-order valence-electron chi connectivity index (χ2n) is 4.88. The number of nitrogens with one attached hydrogen (secondary N) is 2. The molecule has 0 spiro atoms. The van der Waals surface area contributed by atoms with Crippen molar-refractivity contribution >= 4 is 29.9 Å². The monoisotopic (exact) mass is 394 g/mol. The van der Waals surface area contributed by atoms with Crippen LogP contribution < -0.4 is 10.6 Å². The van der Waals surface area contributed by atoms with Crippen molar-refractivity contribution in [2.75, 3.05) is 33.7 Å². The third kappa shape index (κ3) is 8.64. The topological polar surface area (TPSA) is 39.7 Å². The molecule has 0 aromatic heterocycles. The summed E-state index contributed by atoms with van der Waals surface area (Å²) in [6.07, 6.45) is 7.63. The molecule has 0 rings (SSSR count). The molecule has 0 amide bonds. The molecule has 0 aromatic rings. The van der Waals surface area contributed by atoms with Gasteiger partial charge in [0.15, 0.2) is 5.96 Å². The van der Waals surface area contributed by atoms with E-state index in [0.717, 1.165) is 19.0 Å². The third-order valence-electron chi connectivity index (χ3n) is 3.39. The van der Waals surface area contributed by atoms with Crippen LogP contribution >= 0.6 is 24.0 Å². The Morgan fingerprint density at radius 1 is 1.20 bits per heavy atom. The summed E-state index contributed by atoms with van der Waals surface area (Å²) >= 11 is 0. The van der Waals surface area contributed by atoms with Crippen LogP contribution in [-0.2, 0) is 0 Å². The Hall–Kier alpha value is -0.480. The Morgan fingerprint density at radius 3 is 2.20 bits per heavy atom. The van der Waals surface area contributed by atoms with Crippen LogP contribution in [0.4, 0.5) is 0 Å². The van der Waals surface area contributed by atoms with Crippen LogP contribution in [0.1, 0.15) is 33.6 Å². The summed E-state index contributed by atoms with van der Waals surface area (Å²) in [6, 6.07) is 0.469. The molecule has 0 heterocycles. The maximum atomic E-state index is 5.26. The smallest absolute Gasteiger partial charge is 0.192 e. The van der Waals surface area contributed by atoms with Crippen molar-refractivity contribution < 1.29 is 0 Å². The Morgan fingerprint density at radius 2 is 1.80 bits per heavy atom. The molecular weight excluding hydrogens is 363 g/mol. The molecule has 0 saturated carbocycles. The lowest BCUT2D eigenvalue weighted by Crippen LogP contribution is -2.41. The summed E-state index contributed by atoms with van der Waals surface area (Å²) in [6.45, 7) is 8.68. The van der Waals surface area contributed by atoms with Crippen molar-refractivity contribution in [2.24, 2.45) is 10.9 Å². The number of nitrogens with zero attached hydrogens (tertiary/aromatic N) is 2. The average Bonchev–Trinajstić information content (AvgIpc) is 2.40. The average molecular weight is 394 g/mol. The predicted molar refractivity (Wildman–Crippen MR) is 99.8 cm³/mol. The molecule has 118 valence electrons. The summed E-state index contributed by atoms with van der Waals surface area (Å²) < 4.78 is 0. The largest absolute Gasteiger partial charge is 0.357 e. The van der Waals surface area contributed by atoms with E-state index >= 15 is 0 Å². The van der Waals surface area contributed by atoms with E-state index in [1.807, 2.05) is 0 Å². The molecular formula is C15H31IN4. The summed E-state index contributed by atoms with van der Waals surface area (Å²) in [5.41, 5.74) is 0. The molecule has 5 heteroatoms. The van der Waals surface area contributed by atoms with Gasteiger partial charge < -0.3 is 15.5 Å². The van der Waals surface area contributed by atoms with Crippen LogP contribution in [0.25, 0.3) is 0 Å². The normalized spacial score (nSPS) is 12.8. The van der Waals surface area contributed by atoms with Gasteiger partial charge in [0.1, 0.15) is 0 Å². The molecule has 2 N–H and O–H groups in total. The van der Waals surface area contributed by atoms with Crippen molar-refractivity contribution in [1.82, 2.24) is 15.5 Å². The molecule has 4 nitrogen and oxygen atoms in total. The van der Waals surface area contributed by atoms with Gasteiger partial charge in [-0.15, -0.1) is 30.4 Å². The van der Waals surface area contributed by atoms with Gasteiger partial charge in [0, 0.05) is 12.6 Å². The van der Waals surface area contributed by atoms with E-state index in [1.165, 1.54) is 12.8 Å². The maximum Gasteiger partial charge on any atom is 0.192 e. The van der Waals surface area contributed by atoms with Crippen molar-refractivity contribution in [3.63, 3.8) is 0 Å². The fourth-order valence-electron chi connectivity index (χ4n) is 2.23. The van der Waals surface area contributed by atoms with Crippen LogP contribution in [0.15, 0.2) is 4.99 Å². The zero-order chi connectivity index (χ0) is 14.7. The van der Waals surface area contributed by atoms with Crippen molar-refractivity contribution in [1.29, 1.82) is 0 Å². The summed E-state index contributed by atoms with van der Waals surface area (Å²) in [4.78, 5) is 6.92. The number of halogens is 1. The number of rotatable bonds is 8.